The standard InChI is InChI=1S/C29H23ClN4O4/c1-16-4-3-5-22(30)28(16)34-23(21(14-31-34)18-6-7-18)15-37-26-11-10-24-27(32-26)17(2)12-19-8-9-20(29(35)33-36)13-25(19)38-24/h3-5,8-14,18H,6-7,15H2,1-2H3. The average Bonchev–Trinajstić information content (AvgIpc) is 3.70. The van der Waals surface area contributed by atoms with Crippen LogP contribution in [0.15, 0.2) is 59.9 Å². The molecule has 0 saturated heterocycles. The predicted molar refractivity (Wildman–Crippen MR) is 144 cm³/mol. The van der Waals surface area contributed by atoms with Crippen molar-refractivity contribution in [1.29, 1.82) is 0 Å². The Bertz CT molecular complexity index is 1620. The summed E-state index contributed by atoms with van der Waals surface area (Å²) in [5.41, 5.74) is 6.42. The molecule has 8 nitrogen and oxygen atoms in total. The molecule has 6 rings (SSSR count). The molecule has 0 N–H and O–H groups in total. The van der Waals surface area contributed by atoms with Crippen molar-refractivity contribution < 1.29 is 14.3 Å². The number of nitrogens with zero attached hydrogens (tertiary/aromatic N) is 4. The number of fused-ring (bicyclic) bond motifs is 2. The number of nitroso groups, excluding NO2 is 1. The SMILES string of the molecule is CC1=Cc2ccc(C(=O)N=O)cc2Oc2ccc(OCc3c(C4CC4)cnn3-c3c(C)cccc3Cl)nc21. The molecule has 2 aromatic heterocycles. The minimum atomic E-state index is -0.847. The molecule has 2 aromatic carbocycles. The number of carbonyl (C=O) groups excluding carboxylic acids is 1. The zero-order chi connectivity index (χ0) is 26.4. The van der Waals surface area contributed by atoms with Gasteiger partial charge in [0.15, 0.2) is 5.75 Å². The smallest absolute Gasteiger partial charge is 0.316 e. The van der Waals surface area contributed by atoms with Gasteiger partial charge in [0.2, 0.25) is 5.88 Å². The van der Waals surface area contributed by atoms with E-state index in [0.29, 0.717) is 34.0 Å². The van der Waals surface area contributed by atoms with E-state index in [9.17, 15) is 9.70 Å². The van der Waals surface area contributed by atoms with Crippen LogP contribution in [-0.4, -0.2) is 20.7 Å². The largest absolute Gasteiger partial charge is 0.471 e. The first kappa shape index (κ1) is 24.1. The lowest BCUT2D eigenvalue weighted by molar-refractivity contribution is 0.100. The quantitative estimate of drug-likeness (QED) is 0.245. The maximum absolute atomic E-state index is 11.7. The Morgan fingerprint density at radius 1 is 1.16 bits per heavy atom. The number of pyridine rings is 1. The van der Waals surface area contributed by atoms with Crippen molar-refractivity contribution in [3.8, 4) is 23.1 Å². The summed E-state index contributed by atoms with van der Waals surface area (Å²) in [5.74, 6) is 1.04. The highest BCUT2D eigenvalue weighted by Gasteiger charge is 2.30. The van der Waals surface area contributed by atoms with Gasteiger partial charge in [0.1, 0.15) is 18.1 Å². The molecule has 0 bridgehead atoms. The van der Waals surface area contributed by atoms with Crippen molar-refractivity contribution in [1.82, 2.24) is 14.8 Å². The number of hydrogen-bond acceptors (Lipinski definition) is 6. The van der Waals surface area contributed by atoms with Crippen molar-refractivity contribution in [3.05, 3.63) is 98.3 Å². The van der Waals surface area contributed by atoms with Crippen molar-refractivity contribution in [2.24, 2.45) is 5.18 Å². The van der Waals surface area contributed by atoms with E-state index in [2.05, 4.69) is 10.3 Å². The van der Waals surface area contributed by atoms with Crippen molar-refractivity contribution in [2.45, 2.75) is 39.2 Å². The molecule has 2 aliphatic rings. The Morgan fingerprint density at radius 3 is 2.76 bits per heavy atom. The summed E-state index contributed by atoms with van der Waals surface area (Å²) in [4.78, 5) is 27.2. The number of carbonyl (C=O) groups is 1. The highest BCUT2D eigenvalue weighted by molar-refractivity contribution is 6.32. The van der Waals surface area contributed by atoms with E-state index in [-0.39, 0.29) is 12.2 Å². The fourth-order valence-electron chi connectivity index (χ4n) is 4.71. The van der Waals surface area contributed by atoms with E-state index in [1.807, 2.05) is 49.0 Å². The fraction of sp³-hybridized carbons (Fsp3) is 0.207. The molecule has 1 aliphatic heterocycles. The maximum atomic E-state index is 11.7. The van der Waals surface area contributed by atoms with Gasteiger partial charge in [-0.2, -0.15) is 5.10 Å². The molecule has 1 aliphatic carbocycles. The van der Waals surface area contributed by atoms with Crippen LogP contribution in [0.3, 0.4) is 0 Å². The molecule has 3 heterocycles. The summed E-state index contributed by atoms with van der Waals surface area (Å²) in [6, 6.07) is 14.1. The minimum absolute atomic E-state index is 0.165. The summed E-state index contributed by atoms with van der Waals surface area (Å²) in [6.07, 6.45) is 6.10. The molecule has 0 spiro atoms. The van der Waals surface area contributed by atoms with Crippen LogP contribution in [0.25, 0.3) is 17.3 Å². The van der Waals surface area contributed by atoms with E-state index in [4.69, 9.17) is 26.1 Å². The molecule has 38 heavy (non-hydrogen) atoms. The van der Waals surface area contributed by atoms with Crippen molar-refractivity contribution in [3.63, 3.8) is 0 Å². The Balaban J connectivity index is 1.31. The Kier molecular flexibility index (Phi) is 6.04. The number of halogens is 1. The predicted octanol–water partition coefficient (Wildman–Crippen LogP) is 7.26. The molecule has 0 radical (unpaired) electrons. The Labute approximate surface area is 223 Å². The molecule has 9 heteroatoms. The van der Waals surface area contributed by atoms with Gasteiger partial charge in [-0.05, 0) is 74.1 Å². The number of aryl methyl sites for hydroxylation is 1. The van der Waals surface area contributed by atoms with E-state index >= 15 is 0 Å². The number of benzene rings is 2. The number of amides is 1. The number of rotatable bonds is 6. The van der Waals surface area contributed by atoms with Crippen LogP contribution < -0.4 is 9.47 Å². The van der Waals surface area contributed by atoms with E-state index in [1.165, 1.54) is 11.6 Å². The monoisotopic (exact) mass is 526 g/mol. The van der Waals surface area contributed by atoms with Crippen LogP contribution in [0.4, 0.5) is 0 Å². The normalized spacial score (nSPS) is 14.0. The van der Waals surface area contributed by atoms with Gasteiger partial charge in [-0.1, -0.05) is 29.8 Å². The highest BCUT2D eigenvalue weighted by atomic mass is 35.5. The van der Waals surface area contributed by atoms with Crippen LogP contribution in [0.5, 0.6) is 17.4 Å². The molecule has 1 amide bonds. The highest BCUT2D eigenvalue weighted by Crippen LogP contribution is 2.43. The van der Waals surface area contributed by atoms with Gasteiger partial charge in [0.25, 0.3) is 0 Å². The second-order valence-electron chi connectivity index (χ2n) is 9.50. The van der Waals surface area contributed by atoms with Crippen LogP contribution >= 0.6 is 11.6 Å². The first-order valence-electron chi connectivity index (χ1n) is 12.3. The van der Waals surface area contributed by atoms with Gasteiger partial charge >= 0.3 is 5.91 Å². The van der Waals surface area contributed by atoms with E-state index < -0.39 is 5.91 Å². The zero-order valence-electron chi connectivity index (χ0n) is 20.8. The third-order valence-corrected chi connectivity index (χ3v) is 7.12. The summed E-state index contributed by atoms with van der Waals surface area (Å²) >= 11 is 6.57. The molecule has 0 atom stereocenters. The fourth-order valence-corrected chi connectivity index (χ4v) is 5.02. The van der Waals surface area contributed by atoms with E-state index in [1.54, 1.807) is 24.3 Å². The van der Waals surface area contributed by atoms with Crippen molar-refractivity contribution >= 4 is 29.2 Å². The maximum Gasteiger partial charge on any atom is 0.316 e. The summed E-state index contributed by atoms with van der Waals surface area (Å²) in [7, 11) is 0. The summed E-state index contributed by atoms with van der Waals surface area (Å²) in [6.45, 7) is 4.22. The van der Waals surface area contributed by atoms with Crippen LogP contribution in [0.2, 0.25) is 5.02 Å². The minimum Gasteiger partial charge on any atom is -0.471 e. The lowest BCUT2D eigenvalue weighted by Crippen LogP contribution is -2.10. The zero-order valence-corrected chi connectivity index (χ0v) is 21.5. The summed E-state index contributed by atoms with van der Waals surface area (Å²) < 4.78 is 14.2. The number of ether oxygens (including phenoxy) is 2. The first-order chi connectivity index (χ1) is 18.4. The molecule has 1 saturated carbocycles. The topological polar surface area (TPSA) is 95.7 Å². The Morgan fingerprint density at radius 2 is 2.00 bits per heavy atom. The number of para-hydroxylation sites is 1. The van der Waals surface area contributed by atoms with Crippen LogP contribution in [0, 0.1) is 11.8 Å². The lowest BCUT2D eigenvalue weighted by atomic mass is 10.1. The second-order valence-corrected chi connectivity index (χ2v) is 9.91. The third-order valence-electron chi connectivity index (χ3n) is 6.82. The molecule has 0 unspecified atom stereocenters. The van der Waals surface area contributed by atoms with Gasteiger partial charge in [0, 0.05) is 27.9 Å². The van der Waals surface area contributed by atoms with E-state index in [0.717, 1.165) is 40.9 Å². The molecule has 190 valence electrons. The molecule has 1 fully saturated rings. The van der Waals surface area contributed by atoms with Gasteiger partial charge in [0.05, 0.1) is 22.6 Å². The molecular formula is C29H23ClN4O4. The number of allylic oxidation sites excluding steroid dienone is 1. The lowest BCUT2D eigenvalue weighted by Gasteiger charge is -2.15. The van der Waals surface area contributed by atoms with Gasteiger partial charge in [-0.25, -0.2) is 9.67 Å². The van der Waals surface area contributed by atoms with Crippen LogP contribution in [0.1, 0.15) is 64.1 Å². The van der Waals surface area contributed by atoms with Gasteiger partial charge in [-0.3, -0.25) is 4.79 Å². The average molecular weight is 527 g/mol. The molecule has 4 aromatic rings. The number of aromatic nitrogens is 3. The summed E-state index contributed by atoms with van der Waals surface area (Å²) in [5, 5.41) is 7.81. The van der Waals surface area contributed by atoms with Gasteiger partial charge in [-0.15, -0.1) is 4.91 Å². The first-order valence-corrected chi connectivity index (χ1v) is 12.6. The van der Waals surface area contributed by atoms with Crippen molar-refractivity contribution in [2.75, 3.05) is 0 Å². The van der Waals surface area contributed by atoms with Crippen LogP contribution in [-0.2, 0) is 6.61 Å². The second kappa shape index (κ2) is 9.54. The number of hydrogen-bond donors (Lipinski definition) is 0. The molecular weight excluding hydrogens is 504 g/mol. The third kappa shape index (κ3) is 4.37. The van der Waals surface area contributed by atoms with Gasteiger partial charge < -0.3 is 9.47 Å². The Hall–Kier alpha value is -4.30.